The minimum absolute atomic E-state index is 0.115. The highest BCUT2D eigenvalue weighted by molar-refractivity contribution is 6.04. The number of rotatable bonds is 5. The summed E-state index contributed by atoms with van der Waals surface area (Å²) in [5.41, 5.74) is 2.34. The van der Waals surface area contributed by atoms with E-state index in [1.54, 1.807) is 0 Å². The molecule has 0 radical (unpaired) electrons. The first-order valence-electron chi connectivity index (χ1n) is 10.3. The summed E-state index contributed by atoms with van der Waals surface area (Å²) in [5, 5.41) is 2.78. The van der Waals surface area contributed by atoms with Crippen LogP contribution in [0.25, 0.3) is 0 Å². The van der Waals surface area contributed by atoms with E-state index in [0.29, 0.717) is 19.4 Å². The van der Waals surface area contributed by atoms with Gasteiger partial charge < -0.3 is 10.2 Å². The molecule has 0 spiro atoms. The maximum atomic E-state index is 13.2. The molecule has 3 aliphatic heterocycles. The van der Waals surface area contributed by atoms with Gasteiger partial charge in [0.2, 0.25) is 5.91 Å². The Hall–Kier alpha value is -2.41. The largest absolute Gasteiger partial charge is 0.341 e. The monoisotopic (exact) mass is 384 g/mol. The molecule has 4 rings (SSSR count). The smallest absolute Gasteiger partial charge is 0.325 e. The van der Waals surface area contributed by atoms with E-state index in [4.69, 9.17) is 0 Å². The second kappa shape index (κ2) is 7.91. The number of likely N-dealkylation sites (tertiary alicyclic amines) is 1. The highest BCUT2D eigenvalue weighted by atomic mass is 16.2. The lowest BCUT2D eigenvalue weighted by Crippen LogP contribution is -2.55. The number of urea groups is 1. The fourth-order valence-electron chi connectivity index (χ4n) is 4.49. The molecule has 2 saturated heterocycles. The van der Waals surface area contributed by atoms with E-state index in [0.717, 1.165) is 37.9 Å². The number of hydrogen-bond donors (Lipinski definition) is 1. The summed E-state index contributed by atoms with van der Waals surface area (Å²) >= 11 is 0. The van der Waals surface area contributed by atoms with Gasteiger partial charge in [0, 0.05) is 19.6 Å². The summed E-state index contributed by atoms with van der Waals surface area (Å²) < 4.78 is 0. The molecule has 4 amide bonds. The van der Waals surface area contributed by atoms with E-state index < -0.39 is 6.04 Å². The van der Waals surface area contributed by atoms with E-state index in [1.807, 2.05) is 28.9 Å². The molecule has 7 nitrogen and oxygen atoms in total. The Balaban J connectivity index is 1.56. The highest BCUT2D eigenvalue weighted by Gasteiger charge is 2.42. The quantitative estimate of drug-likeness (QED) is 0.785. The van der Waals surface area contributed by atoms with Crippen LogP contribution in [0.4, 0.5) is 4.79 Å². The van der Waals surface area contributed by atoms with Crippen LogP contribution in [0.5, 0.6) is 0 Å². The van der Waals surface area contributed by atoms with E-state index in [2.05, 4.69) is 17.4 Å². The van der Waals surface area contributed by atoms with Crippen molar-refractivity contribution in [1.29, 1.82) is 0 Å². The van der Waals surface area contributed by atoms with E-state index >= 15 is 0 Å². The minimum Gasteiger partial charge on any atom is -0.341 e. The summed E-state index contributed by atoms with van der Waals surface area (Å²) in [5.74, 6) is -0.0674. The number of nitrogens with one attached hydrogen (secondary N) is 1. The van der Waals surface area contributed by atoms with Gasteiger partial charge in [-0.1, -0.05) is 37.6 Å². The van der Waals surface area contributed by atoms with Gasteiger partial charge in [-0.3, -0.25) is 14.5 Å². The highest BCUT2D eigenvalue weighted by Crippen LogP contribution is 2.26. The molecule has 0 aromatic heterocycles. The van der Waals surface area contributed by atoms with Gasteiger partial charge in [0.25, 0.3) is 5.91 Å². The van der Waals surface area contributed by atoms with Crippen LogP contribution in [-0.2, 0) is 22.6 Å². The van der Waals surface area contributed by atoms with Crippen molar-refractivity contribution in [3.63, 3.8) is 0 Å². The normalized spacial score (nSPS) is 25.2. The first kappa shape index (κ1) is 18.9. The van der Waals surface area contributed by atoms with Crippen molar-refractivity contribution < 1.29 is 14.4 Å². The Morgan fingerprint density at radius 3 is 2.57 bits per heavy atom. The average molecular weight is 384 g/mol. The Labute approximate surface area is 165 Å². The number of hydrogen-bond acceptors (Lipinski definition) is 4. The minimum atomic E-state index is -0.442. The molecule has 2 fully saturated rings. The first-order chi connectivity index (χ1) is 13.6. The van der Waals surface area contributed by atoms with E-state index in [9.17, 15) is 14.4 Å². The molecule has 3 aliphatic rings. The molecular weight excluding hydrogens is 356 g/mol. The first-order valence-corrected chi connectivity index (χ1v) is 10.3. The van der Waals surface area contributed by atoms with Crippen molar-refractivity contribution in [2.75, 3.05) is 19.8 Å². The maximum Gasteiger partial charge on any atom is 0.325 e. The number of nitrogens with zero attached hydrogens (tertiary/aromatic N) is 3. The van der Waals surface area contributed by atoms with Crippen molar-refractivity contribution in [2.24, 2.45) is 0 Å². The molecule has 150 valence electrons. The van der Waals surface area contributed by atoms with Gasteiger partial charge >= 0.3 is 6.03 Å². The van der Waals surface area contributed by atoms with Gasteiger partial charge in [0.15, 0.2) is 0 Å². The second-order valence-corrected chi connectivity index (χ2v) is 7.97. The molecule has 2 atom stereocenters. The Morgan fingerprint density at radius 2 is 1.86 bits per heavy atom. The summed E-state index contributed by atoms with van der Waals surface area (Å²) in [6, 6.07) is 6.99. The summed E-state index contributed by atoms with van der Waals surface area (Å²) in [6.07, 6.45) is 4.17. The standard InChI is InChI=1S/C21H28N4O3/c1-2-7-17-19(26)25(21(28)22-17)14-24-13-16-9-4-3-8-15(16)12-18(24)20(27)23-10-5-6-11-23/h3-4,8-9,17-18H,2,5-7,10-14H2,1H3,(H,22,28). The summed E-state index contributed by atoms with van der Waals surface area (Å²) in [4.78, 5) is 43.5. The van der Waals surface area contributed by atoms with Crippen molar-refractivity contribution in [1.82, 2.24) is 20.0 Å². The fourth-order valence-corrected chi connectivity index (χ4v) is 4.49. The molecule has 1 aromatic rings. The zero-order valence-electron chi connectivity index (χ0n) is 16.4. The van der Waals surface area contributed by atoms with Crippen molar-refractivity contribution in [2.45, 2.75) is 57.7 Å². The Bertz CT molecular complexity index is 775. The van der Waals surface area contributed by atoms with Gasteiger partial charge in [0.1, 0.15) is 6.04 Å². The van der Waals surface area contributed by atoms with Gasteiger partial charge in [0.05, 0.1) is 12.7 Å². The number of benzene rings is 1. The van der Waals surface area contributed by atoms with Crippen molar-refractivity contribution in [3.05, 3.63) is 35.4 Å². The summed E-state index contributed by atoms with van der Waals surface area (Å²) in [6.45, 7) is 4.31. The van der Waals surface area contributed by atoms with Gasteiger partial charge in [-0.2, -0.15) is 0 Å². The molecule has 0 bridgehead atoms. The van der Waals surface area contributed by atoms with Crippen LogP contribution in [0.2, 0.25) is 0 Å². The van der Waals surface area contributed by atoms with Crippen LogP contribution in [-0.4, -0.2) is 64.4 Å². The fraction of sp³-hybridized carbons (Fsp3) is 0.571. The Morgan fingerprint density at radius 1 is 1.14 bits per heavy atom. The lowest BCUT2D eigenvalue weighted by atomic mass is 9.93. The lowest BCUT2D eigenvalue weighted by Gasteiger charge is -2.39. The topological polar surface area (TPSA) is 73.0 Å². The molecule has 0 saturated carbocycles. The predicted molar refractivity (Wildman–Crippen MR) is 104 cm³/mol. The molecule has 28 heavy (non-hydrogen) atoms. The van der Waals surface area contributed by atoms with Crippen LogP contribution in [0.1, 0.15) is 43.7 Å². The molecule has 3 heterocycles. The van der Waals surface area contributed by atoms with Crippen LogP contribution < -0.4 is 5.32 Å². The molecule has 7 heteroatoms. The SMILES string of the molecule is CCCC1NC(=O)N(CN2Cc3ccccc3CC2C(=O)N2CCCC2)C1=O. The number of carbonyl (C=O) groups excluding carboxylic acids is 3. The molecular formula is C21H28N4O3. The number of carbonyl (C=O) groups is 3. The van der Waals surface area contributed by atoms with Crippen LogP contribution in [0, 0.1) is 0 Å². The third-order valence-corrected chi connectivity index (χ3v) is 6.06. The van der Waals surface area contributed by atoms with Crippen LogP contribution >= 0.6 is 0 Å². The molecule has 1 aromatic carbocycles. The Kier molecular flexibility index (Phi) is 5.35. The molecule has 0 aliphatic carbocycles. The molecule has 2 unspecified atom stereocenters. The third-order valence-electron chi connectivity index (χ3n) is 6.06. The molecule has 1 N–H and O–H groups in total. The lowest BCUT2D eigenvalue weighted by molar-refractivity contribution is -0.139. The zero-order chi connectivity index (χ0) is 19.7. The van der Waals surface area contributed by atoms with Crippen molar-refractivity contribution in [3.8, 4) is 0 Å². The third kappa shape index (κ3) is 3.51. The van der Waals surface area contributed by atoms with Crippen LogP contribution in [0.3, 0.4) is 0 Å². The average Bonchev–Trinajstić information content (AvgIpc) is 3.32. The number of imide groups is 1. The summed E-state index contributed by atoms with van der Waals surface area (Å²) in [7, 11) is 0. The van der Waals surface area contributed by atoms with Gasteiger partial charge in [-0.05, 0) is 36.8 Å². The number of amides is 4. The van der Waals surface area contributed by atoms with Gasteiger partial charge in [-0.25, -0.2) is 9.69 Å². The van der Waals surface area contributed by atoms with Crippen LogP contribution in [0.15, 0.2) is 24.3 Å². The zero-order valence-corrected chi connectivity index (χ0v) is 16.4. The van der Waals surface area contributed by atoms with E-state index in [1.165, 1.54) is 10.5 Å². The predicted octanol–water partition coefficient (Wildman–Crippen LogP) is 1.71. The maximum absolute atomic E-state index is 13.2. The number of fused-ring (bicyclic) bond motifs is 1. The van der Waals surface area contributed by atoms with E-state index in [-0.39, 0.29) is 30.6 Å². The van der Waals surface area contributed by atoms with Crippen molar-refractivity contribution >= 4 is 17.8 Å². The second-order valence-electron chi connectivity index (χ2n) is 7.97. The van der Waals surface area contributed by atoms with Gasteiger partial charge in [-0.15, -0.1) is 0 Å².